The van der Waals surface area contributed by atoms with E-state index in [1.54, 1.807) is 0 Å². The third-order valence-electron chi connectivity index (χ3n) is 5.66. The van der Waals surface area contributed by atoms with Crippen LogP contribution in [0.2, 0.25) is 0 Å². The van der Waals surface area contributed by atoms with Crippen LogP contribution in [0.25, 0.3) is 0 Å². The highest BCUT2D eigenvalue weighted by molar-refractivity contribution is 5.76. The van der Waals surface area contributed by atoms with Crippen molar-refractivity contribution in [1.82, 2.24) is 15.5 Å². The average molecular weight is 317 g/mol. The SMILES string of the molecule is O=C(CCCc1nc(C2CC2)no1)N[C@@H]1C[C@H]1C1CCCCC1. The Bertz CT molecular complexity index is 546. The van der Waals surface area contributed by atoms with Crippen LogP contribution in [0.3, 0.4) is 0 Å². The first kappa shape index (κ1) is 15.2. The zero-order valence-electron chi connectivity index (χ0n) is 13.8. The molecule has 1 N–H and O–H groups in total. The van der Waals surface area contributed by atoms with Gasteiger partial charge in [0.1, 0.15) is 0 Å². The zero-order valence-corrected chi connectivity index (χ0v) is 13.8. The summed E-state index contributed by atoms with van der Waals surface area (Å²) >= 11 is 0. The summed E-state index contributed by atoms with van der Waals surface area (Å²) < 4.78 is 5.24. The van der Waals surface area contributed by atoms with Crippen LogP contribution in [-0.4, -0.2) is 22.1 Å². The normalized spacial score (nSPS) is 27.8. The molecular formula is C18H27N3O2. The molecule has 0 aromatic carbocycles. The van der Waals surface area contributed by atoms with Gasteiger partial charge in [-0.25, -0.2) is 0 Å². The molecule has 23 heavy (non-hydrogen) atoms. The Labute approximate surface area is 137 Å². The molecule has 1 heterocycles. The number of nitrogens with zero attached hydrogens (tertiary/aromatic N) is 2. The minimum atomic E-state index is 0.190. The Morgan fingerprint density at radius 1 is 1.17 bits per heavy atom. The van der Waals surface area contributed by atoms with E-state index in [4.69, 9.17) is 4.52 Å². The highest BCUT2D eigenvalue weighted by Crippen LogP contribution is 2.44. The fourth-order valence-corrected chi connectivity index (χ4v) is 4.02. The van der Waals surface area contributed by atoms with E-state index in [-0.39, 0.29) is 5.91 Å². The number of carbonyl (C=O) groups is 1. The van der Waals surface area contributed by atoms with E-state index in [2.05, 4.69) is 15.5 Å². The largest absolute Gasteiger partial charge is 0.353 e. The lowest BCUT2D eigenvalue weighted by atomic mass is 9.85. The summed E-state index contributed by atoms with van der Waals surface area (Å²) in [6.07, 6.45) is 12.6. The fraction of sp³-hybridized carbons (Fsp3) is 0.833. The minimum absolute atomic E-state index is 0.190. The highest BCUT2D eigenvalue weighted by atomic mass is 16.5. The Morgan fingerprint density at radius 3 is 2.78 bits per heavy atom. The molecule has 3 saturated carbocycles. The van der Waals surface area contributed by atoms with Crippen LogP contribution in [0.15, 0.2) is 4.52 Å². The van der Waals surface area contributed by atoms with E-state index in [0.29, 0.717) is 30.7 Å². The van der Waals surface area contributed by atoms with E-state index in [1.807, 2.05) is 0 Å². The van der Waals surface area contributed by atoms with Gasteiger partial charge in [0, 0.05) is 24.8 Å². The van der Waals surface area contributed by atoms with Gasteiger partial charge in [0.15, 0.2) is 5.82 Å². The van der Waals surface area contributed by atoms with Crippen molar-refractivity contribution in [2.24, 2.45) is 11.8 Å². The predicted molar refractivity (Wildman–Crippen MR) is 85.8 cm³/mol. The van der Waals surface area contributed by atoms with Gasteiger partial charge in [-0.15, -0.1) is 0 Å². The van der Waals surface area contributed by atoms with Crippen molar-refractivity contribution in [2.75, 3.05) is 0 Å². The molecule has 1 aromatic rings. The van der Waals surface area contributed by atoms with Crippen LogP contribution >= 0.6 is 0 Å². The van der Waals surface area contributed by atoms with Gasteiger partial charge in [-0.05, 0) is 37.5 Å². The molecule has 1 amide bonds. The fourth-order valence-electron chi connectivity index (χ4n) is 4.02. The summed E-state index contributed by atoms with van der Waals surface area (Å²) in [7, 11) is 0. The number of aromatic nitrogens is 2. The van der Waals surface area contributed by atoms with E-state index in [0.717, 1.165) is 24.1 Å². The maximum atomic E-state index is 12.1. The molecule has 5 heteroatoms. The van der Waals surface area contributed by atoms with Crippen LogP contribution in [0.4, 0.5) is 0 Å². The Kier molecular flexibility index (Phi) is 4.36. The van der Waals surface area contributed by atoms with Gasteiger partial charge in [0.2, 0.25) is 11.8 Å². The van der Waals surface area contributed by atoms with Gasteiger partial charge in [-0.2, -0.15) is 4.98 Å². The van der Waals surface area contributed by atoms with Gasteiger partial charge < -0.3 is 9.84 Å². The predicted octanol–water partition coefficient (Wildman–Crippen LogP) is 3.35. The second-order valence-electron chi connectivity index (χ2n) is 7.65. The van der Waals surface area contributed by atoms with Crippen LogP contribution in [0.1, 0.15) is 81.8 Å². The summed E-state index contributed by atoms with van der Waals surface area (Å²) in [6.45, 7) is 0. The van der Waals surface area contributed by atoms with Crippen molar-refractivity contribution >= 4 is 5.91 Å². The van der Waals surface area contributed by atoms with Crippen molar-refractivity contribution < 1.29 is 9.32 Å². The third kappa shape index (κ3) is 3.93. The molecule has 126 valence electrons. The first-order chi connectivity index (χ1) is 11.3. The van der Waals surface area contributed by atoms with Crippen molar-refractivity contribution in [1.29, 1.82) is 0 Å². The van der Waals surface area contributed by atoms with Crippen LogP contribution in [-0.2, 0) is 11.2 Å². The van der Waals surface area contributed by atoms with E-state index < -0.39 is 0 Å². The maximum absolute atomic E-state index is 12.1. The van der Waals surface area contributed by atoms with E-state index in [1.165, 1.54) is 51.4 Å². The lowest BCUT2D eigenvalue weighted by Gasteiger charge is -2.21. The Morgan fingerprint density at radius 2 is 2.00 bits per heavy atom. The lowest BCUT2D eigenvalue weighted by molar-refractivity contribution is -0.121. The molecule has 4 rings (SSSR count). The van der Waals surface area contributed by atoms with Gasteiger partial charge in [-0.3, -0.25) is 4.79 Å². The monoisotopic (exact) mass is 317 g/mol. The number of carbonyl (C=O) groups excluding carboxylic acids is 1. The van der Waals surface area contributed by atoms with Gasteiger partial charge in [0.25, 0.3) is 0 Å². The standard InChI is InChI=1S/C18H27N3O2/c22-16(19-15-11-14(15)12-5-2-1-3-6-12)7-4-8-17-20-18(21-23-17)13-9-10-13/h12-15H,1-11H2,(H,19,22)/t14-,15+/m0/s1. The number of rotatable bonds is 7. The minimum Gasteiger partial charge on any atom is -0.353 e. The van der Waals surface area contributed by atoms with Crippen LogP contribution in [0, 0.1) is 11.8 Å². The van der Waals surface area contributed by atoms with Crippen molar-refractivity contribution in [3.05, 3.63) is 11.7 Å². The second-order valence-corrected chi connectivity index (χ2v) is 7.65. The Balaban J connectivity index is 1.13. The number of hydrogen-bond donors (Lipinski definition) is 1. The van der Waals surface area contributed by atoms with Gasteiger partial charge >= 0.3 is 0 Å². The topological polar surface area (TPSA) is 68.0 Å². The van der Waals surface area contributed by atoms with Crippen LogP contribution in [0.5, 0.6) is 0 Å². The summed E-state index contributed by atoms with van der Waals surface area (Å²) in [6, 6.07) is 0.454. The molecule has 2 atom stereocenters. The molecule has 5 nitrogen and oxygen atoms in total. The second kappa shape index (κ2) is 6.62. The first-order valence-electron chi connectivity index (χ1n) is 9.41. The molecule has 0 saturated heterocycles. The first-order valence-corrected chi connectivity index (χ1v) is 9.41. The van der Waals surface area contributed by atoms with E-state index >= 15 is 0 Å². The third-order valence-corrected chi connectivity index (χ3v) is 5.66. The number of nitrogens with one attached hydrogen (secondary N) is 1. The summed E-state index contributed by atoms with van der Waals surface area (Å²) in [5.74, 6) is 3.89. The quantitative estimate of drug-likeness (QED) is 0.837. The summed E-state index contributed by atoms with van der Waals surface area (Å²) in [5.41, 5.74) is 0. The van der Waals surface area contributed by atoms with Crippen molar-refractivity contribution in [2.45, 2.75) is 82.6 Å². The highest BCUT2D eigenvalue weighted by Gasteiger charge is 2.43. The lowest BCUT2D eigenvalue weighted by Crippen LogP contribution is -2.28. The summed E-state index contributed by atoms with van der Waals surface area (Å²) in [5, 5.41) is 7.22. The molecule has 0 bridgehead atoms. The van der Waals surface area contributed by atoms with Crippen LogP contribution < -0.4 is 5.32 Å². The van der Waals surface area contributed by atoms with Gasteiger partial charge in [0.05, 0.1) is 0 Å². The number of amides is 1. The molecule has 1 aromatic heterocycles. The summed E-state index contributed by atoms with van der Waals surface area (Å²) in [4.78, 5) is 16.5. The molecule has 0 spiro atoms. The molecular weight excluding hydrogens is 290 g/mol. The molecule has 3 aliphatic rings. The number of aryl methyl sites for hydroxylation is 1. The molecule has 0 unspecified atom stereocenters. The average Bonchev–Trinajstić information content (AvgIpc) is 3.49. The molecule has 3 aliphatic carbocycles. The van der Waals surface area contributed by atoms with Crippen molar-refractivity contribution in [3.63, 3.8) is 0 Å². The zero-order chi connectivity index (χ0) is 15.6. The van der Waals surface area contributed by atoms with E-state index in [9.17, 15) is 4.79 Å². The number of hydrogen-bond acceptors (Lipinski definition) is 4. The van der Waals surface area contributed by atoms with Crippen molar-refractivity contribution in [3.8, 4) is 0 Å². The Hall–Kier alpha value is -1.39. The van der Waals surface area contributed by atoms with Gasteiger partial charge in [-0.1, -0.05) is 37.3 Å². The smallest absolute Gasteiger partial charge is 0.226 e. The molecule has 0 aliphatic heterocycles. The maximum Gasteiger partial charge on any atom is 0.226 e. The molecule has 3 fully saturated rings. The molecule has 0 radical (unpaired) electrons.